The van der Waals surface area contributed by atoms with Gasteiger partial charge in [0.1, 0.15) is 5.69 Å². The van der Waals surface area contributed by atoms with Crippen LogP contribution in [-0.2, 0) is 18.4 Å². The number of aromatic nitrogens is 3. The number of furan rings is 1. The van der Waals surface area contributed by atoms with Crippen LogP contribution in [0, 0.1) is 6.92 Å². The molecule has 8 heteroatoms. The highest BCUT2D eigenvalue weighted by atomic mass is 16.3. The first-order valence-electron chi connectivity index (χ1n) is 9.18. The Labute approximate surface area is 167 Å². The zero-order valence-electron chi connectivity index (χ0n) is 16.2. The summed E-state index contributed by atoms with van der Waals surface area (Å²) in [6.45, 7) is 2.51. The average Bonchev–Trinajstić information content (AvgIpc) is 3.39. The molecule has 0 aliphatic heterocycles. The molecule has 0 spiro atoms. The lowest BCUT2D eigenvalue weighted by Gasteiger charge is -2.06. The molecule has 2 amide bonds. The highest BCUT2D eigenvalue weighted by Gasteiger charge is 2.16. The first-order chi connectivity index (χ1) is 14.0. The standard InChI is InChI=1S/C21H21N5O3/c1-14-4-3-5-15(8-14)12-26-13-16(10-23-26)24-20(27)11-22-21(28)18-9-19-17(25(18)2)6-7-29-19/h3-10,13H,11-12H2,1-2H3,(H,22,28)(H,24,27). The third-order valence-electron chi connectivity index (χ3n) is 4.65. The number of aryl methyl sites for hydroxylation is 2. The fraction of sp³-hybridized carbons (Fsp3) is 0.190. The number of carbonyl (C=O) groups excluding carboxylic acids is 2. The van der Waals surface area contributed by atoms with Crippen molar-refractivity contribution in [2.75, 3.05) is 11.9 Å². The quantitative estimate of drug-likeness (QED) is 0.528. The minimum atomic E-state index is -0.343. The van der Waals surface area contributed by atoms with E-state index in [4.69, 9.17) is 4.42 Å². The van der Waals surface area contributed by atoms with Crippen LogP contribution in [0.2, 0.25) is 0 Å². The normalized spacial score (nSPS) is 11.0. The maximum atomic E-state index is 12.4. The molecule has 8 nitrogen and oxygen atoms in total. The highest BCUT2D eigenvalue weighted by molar-refractivity contribution is 6.00. The summed E-state index contributed by atoms with van der Waals surface area (Å²) in [4.78, 5) is 24.5. The fourth-order valence-electron chi connectivity index (χ4n) is 3.24. The van der Waals surface area contributed by atoms with Crippen molar-refractivity contribution in [2.24, 2.45) is 7.05 Å². The number of hydrogen-bond acceptors (Lipinski definition) is 4. The Morgan fingerprint density at radius 3 is 2.86 bits per heavy atom. The zero-order valence-corrected chi connectivity index (χ0v) is 16.2. The van der Waals surface area contributed by atoms with Gasteiger partial charge >= 0.3 is 0 Å². The number of hydrogen-bond donors (Lipinski definition) is 2. The molecule has 29 heavy (non-hydrogen) atoms. The summed E-state index contributed by atoms with van der Waals surface area (Å²) in [5.41, 5.74) is 4.77. The number of carbonyl (C=O) groups is 2. The summed E-state index contributed by atoms with van der Waals surface area (Å²) in [6.07, 6.45) is 4.91. The van der Waals surface area contributed by atoms with Crippen LogP contribution < -0.4 is 10.6 Å². The van der Waals surface area contributed by atoms with E-state index < -0.39 is 0 Å². The third-order valence-corrected chi connectivity index (χ3v) is 4.65. The summed E-state index contributed by atoms with van der Waals surface area (Å²) in [7, 11) is 1.77. The Hall–Kier alpha value is -3.81. The van der Waals surface area contributed by atoms with Crippen molar-refractivity contribution < 1.29 is 14.0 Å². The van der Waals surface area contributed by atoms with Gasteiger partial charge in [-0.3, -0.25) is 14.3 Å². The van der Waals surface area contributed by atoms with Crippen LogP contribution >= 0.6 is 0 Å². The van der Waals surface area contributed by atoms with E-state index >= 15 is 0 Å². The molecule has 0 aliphatic carbocycles. The number of amides is 2. The van der Waals surface area contributed by atoms with Crippen LogP contribution in [0.3, 0.4) is 0 Å². The predicted molar refractivity (Wildman–Crippen MR) is 109 cm³/mol. The largest absolute Gasteiger partial charge is 0.463 e. The first kappa shape index (κ1) is 18.5. The maximum absolute atomic E-state index is 12.4. The van der Waals surface area contributed by atoms with E-state index in [1.807, 2.05) is 25.1 Å². The number of nitrogens with zero attached hydrogens (tertiary/aromatic N) is 3. The van der Waals surface area contributed by atoms with Crippen molar-refractivity contribution in [3.8, 4) is 0 Å². The molecule has 3 aromatic heterocycles. The summed E-state index contributed by atoms with van der Waals surface area (Å²) in [6, 6.07) is 11.6. The van der Waals surface area contributed by atoms with E-state index in [0.717, 1.165) is 11.1 Å². The Kier molecular flexibility index (Phi) is 4.90. The van der Waals surface area contributed by atoms with Crippen molar-refractivity contribution in [3.63, 3.8) is 0 Å². The van der Waals surface area contributed by atoms with Gasteiger partial charge in [0, 0.05) is 25.4 Å². The number of nitrogens with one attached hydrogen (secondary N) is 2. The Morgan fingerprint density at radius 2 is 2.07 bits per heavy atom. The Morgan fingerprint density at radius 1 is 1.21 bits per heavy atom. The van der Waals surface area contributed by atoms with Gasteiger partial charge in [-0.1, -0.05) is 29.8 Å². The van der Waals surface area contributed by atoms with Crippen LogP contribution in [0.15, 0.2) is 59.5 Å². The molecule has 0 fully saturated rings. The van der Waals surface area contributed by atoms with Crippen LogP contribution in [-0.4, -0.2) is 32.7 Å². The van der Waals surface area contributed by atoms with Gasteiger partial charge in [0.05, 0.1) is 36.8 Å². The minimum Gasteiger partial charge on any atom is -0.463 e. The minimum absolute atomic E-state index is 0.144. The van der Waals surface area contributed by atoms with Gasteiger partial charge < -0.3 is 19.6 Å². The smallest absolute Gasteiger partial charge is 0.268 e. The zero-order chi connectivity index (χ0) is 20.4. The van der Waals surface area contributed by atoms with Crippen molar-refractivity contribution in [3.05, 3.63) is 71.9 Å². The van der Waals surface area contributed by atoms with Crippen molar-refractivity contribution in [1.29, 1.82) is 0 Å². The number of anilines is 1. The van der Waals surface area contributed by atoms with Crippen molar-refractivity contribution >= 4 is 28.6 Å². The molecule has 0 radical (unpaired) electrons. The van der Waals surface area contributed by atoms with Crippen molar-refractivity contribution in [2.45, 2.75) is 13.5 Å². The van der Waals surface area contributed by atoms with E-state index in [2.05, 4.69) is 21.8 Å². The molecule has 0 saturated carbocycles. The molecular weight excluding hydrogens is 370 g/mol. The number of rotatable bonds is 6. The van der Waals surface area contributed by atoms with Gasteiger partial charge in [0.25, 0.3) is 5.91 Å². The van der Waals surface area contributed by atoms with Crippen LogP contribution in [0.5, 0.6) is 0 Å². The topological polar surface area (TPSA) is 94.1 Å². The lowest BCUT2D eigenvalue weighted by atomic mass is 10.1. The molecule has 2 N–H and O–H groups in total. The monoisotopic (exact) mass is 391 g/mol. The van der Waals surface area contributed by atoms with Crippen LogP contribution in [0.25, 0.3) is 11.1 Å². The van der Waals surface area contributed by atoms with E-state index in [0.29, 0.717) is 23.5 Å². The van der Waals surface area contributed by atoms with Gasteiger partial charge in [-0.2, -0.15) is 5.10 Å². The summed E-state index contributed by atoms with van der Waals surface area (Å²) in [5, 5.41) is 9.63. The van der Waals surface area contributed by atoms with E-state index in [9.17, 15) is 9.59 Å². The first-order valence-corrected chi connectivity index (χ1v) is 9.18. The molecule has 0 unspecified atom stereocenters. The van der Waals surface area contributed by atoms with E-state index in [1.165, 1.54) is 5.56 Å². The van der Waals surface area contributed by atoms with Crippen molar-refractivity contribution in [1.82, 2.24) is 19.7 Å². The molecule has 1 aromatic carbocycles. The Balaban J connectivity index is 1.31. The fourth-order valence-corrected chi connectivity index (χ4v) is 3.24. The second-order valence-corrected chi connectivity index (χ2v) is 6.91. The lowest BCUT2D eigenvalue weighted by Crippen LogP contribution is -2.33. The molecule has 148 valence electrons. The second kappa shape index (κ2) is 7.67. The molecular formula is C21H21N5O3. The summed E-state index contributed by atoms with van der Waals surface area (Å²) >= 11 is 0. The predicted octanol–water partition coefficient (Wildman–Crippen LogP) is 2.69. The average molecular weight is 391 g/mol. The maximum Gasteiger partial charge on any atom is 0.268 e. The molecule has 0 aliphatic rings. The van der Waals surface area contributed by atoms with E-state index in [-0.39, 0.29) is 18.4 Å². The summed E-state index contributed by atoms with van der Waals surface area (Å²) in [5.74, 6) is -0.671. The number of benzene rings is 1. The second-order valence-electron chi connectivity index (χ2n) is 6.91. The van der Waals surface area contributed by atoms with Gasteiger partial charge in [-0.05, 0) is 12.5 Å². The van der Waals surface area contributed by atoms with Gasteiger partial charge in [-0.15, -0.1) is 0 Å². The molecule has 4 rings (SSSR count). The Bertz CT molecular complexity index is 1180. The number of fused-ring (bicyclic) bond motifs is 1. The molecule has 0 saturated heterocycles. The van der Waals surface area contributed by atoms with Crippen LogP contribution in [0.1, 0.15) is 21.6 Å². The molecule has 4 aromatic rings. The third kappa shape index (κ3) is 4.06. The molecule has 0 atom stereocenters. The SMILES string of the molecule is Cc1cccc(Cn2cc(NC(=O)CNC(=O)c3cc4occc4n3C)cn2)c1. The lowest BCUT2D eigenvalue weighted by molar-refractivity contribution is -0.115. The van der Waals surface area contributed by atoms with Gasteiger partial charge in [0.2, 0.25) is 5.91 Å². The summed E-state index contributed by atoms with van der Waals surface area (Å²) < 4.78 is 8.77. The van der Waals surface area contributed by atoms with E-state index in [1.54, 1.807) is 47.1 Å². The highest BCUT2D eigenvalue weighted by Crippen LogP contribution is 2.19. The van der Waals surface area contributed by atoms with Gasteiger partial charge in [-0.25, -0.2) is 0 Å². The van der Waals surface area contributed by atoms with Gasteiger partial charge in [0.15, 0.2) is 5.58 Å². The molecule has 0 bridgehead atoms. The molecule has 3 heterocycles. The van der Waals surface area contributed by atoms with Crippen LogP contribution in [0.4, 0.5) is 5.69 Å².